The highest BCUT2D eigenvalue weighted by Gasteiger charge is 2.46. The van der Waals surface area contributed by atoms with E-state index in [9.17, 15) is 4.79 Å². The van der Waals surface area contributed by atoms with E-state index in [1.165, 1.54) is 0 Å². The Bertz CT molecular complexity index is 881. The van der Waals surface area contributed by atoms with Gasteiger partial charge in [-0.25, -0.2) is 4.79 Å². The lowest BCUT2D eigenvalue weighted by molar-refractivity contribution is -0.0721. The Morgan fingerprint density at radius 2 is 1.85 bits per heavy atom. The van der Waals surface area contributed by atoms with E-state index in [1.807, 2.05) is 31.2 Å². The van der Waals surface area contributed by atoms with Crippen LogP contribution in [0, 0.1) is 6.92 Å². The van der Waals surface area contributed by atoms with Gasteiger partial charge in [0.05, 0.1) is 19.3 Å². The Morgan fingerprint density at radius 1 is 1.11 bits per heavy atom. The van der Waals surface area contributed by atoms with Crippen LogP contribution in [0.4, 0.5) is 0 Å². The molecule has 0 N–H and O–H groups in total. The summed E-state index contributed by atoms with van der Waals surface area (Å²) >= 11 is 0. The number of aryl methyl sites for hydroxylation is 1. The molecule has 2 aromatic carbocycles. The zero-order chi connectivity index (χ0) is 19.0. The number of methoxy groups -OCH3 is 1. The molecule has 1 aliphatic carbocycles. The molecular formula is C22H24O5. The maximum atomic E-state index is 12.1. The van der Waals surface area contributed by atoms with E-state index in [1.54, 1.807) is 20.1 Å². The highest BCUT2D eigenvalue weighted by atomic mass is 16.7. The number of ether oxygens (including phenoxy) is 4. The van der Waals surface area contributed by atoms with Crippen LogP contribution < -0.4 is 14.2 Å². The Morgan fingerprint density at radius 3 is 2.52 bits per heavy atom. The van der Waals surface area contributed by atoms with Crippen molar-refractivity contribution in [1.82, 2.24) is 0 Å². The summed E-state index contributed by atoms with van der Waals surface area (Å²) in [7, 11) is 1.64. The fraction of sp³-hybridized carbons (Fsp3) is 0.409. The Balaban J connectivity index is 1.75. The molecule has 0 unspecified atom stereocenters. The van der Waals surface area contributed by atoms with Gasteiger partial charge in [-0.15, -0.1) is 0 Å². The van der Waals surface area contributed by atoms with Crippen LogP contribution in [-0.2, 0) is 4.74 Å². The van der Waals surface area contributed by atoms with Crippen LogP contribution in [0.25, 0.3) is 11.1 Å². The van der Waals surface area contributed by atoms with Crippen LogP contribution >= 0.6 is 0 Å². The fourth-order valence-corrected chi connectivity index (χ4v) is 3.91. The van der Waals surface area contributed by atoms with Crippen LogP contribution in [-0.4, -0.2) is 25.5 Å². The highest BCUT2D eigenvalue weighted by molar-refractivity contribution is 5.92. The summed E-state index contributed by atoms with van der Waals surface area (Å²) in [6.45, 7) is 4.08. The molecule has 1 aliphatic heterocycles. The van der Waals surface area contributed by atoms with Gasteiger partial charge in [-0.3, -0.25) is 0 Å². The topological polar surface area (TPSA) is 54.0 Å². The third-order valence-electron chi connectivity index (χ3n) is 5.27. The van der Waals surface area contributed by atoms with Gasteiger partial charge in [0, 0.05) is 18.4 Å². The summed E-state index contributed by atoms with van der Waals surface area (Å²) in [4.78, 5) is 12.1. The molecule has 1 spiro atoms. The maximum absolute atomic E-state index is 12.1. The monoisotopic (exact) mass is 368 g/mol. The van der Waals surface area contributed by atoms with Gasteiger partial charge in [0.25, 0.3) is 5.79 Å². The molecule has 1 heterocycles. The standard InChI is InChI=1S/C22H24O5/c1-4-25-21(23)16-8-7-15(13-14(16)2)17-9-10-18(24-3)20-19(17)26-22(27-20)11-5-6-12-22/h7-10,13H,4-6,11-12H2,1-3H3. The number of benzene rings is 2. The molecule has 27 heavy (non-hydrogen) atoms. The smallest absolute Gasteiger partial charge is 0.338 e. The Hall–Kier alpha value is -2.69. The fourth-order valence-electron chi connectivity index (χ4n) is 3.91. The first-order chi connectivity index (χ1) is 13.1. The molecule has 0 saturated heterocycles. The van der Waals surface area contributed by atoms with Gasteiger partial charge in [0.15, 0.2) is 11.5 Å². The third kappa shape index (κ3) is 3.01. The molecule has 2 aliphatic rings. The number of carbonyl (C=O) groups is 1. The van der Waals surface area contributed by atoms with E-state index in [0.29, 0.717) is 23.7 Å². The van der Waals surface area contributed by atoms with Crippen LogP contribution in [0.2, 0.25) is 0 Å². The first-order valence-corrected chi connectivity index (χ1v) is 9.44. The Kier molecular flexibility index (Phi) is 4.46. The van der Waals surface area contributed by atoms with Crippen molar-refractivity contribution >= 4 is 5.97 Å². The lowest BCUT2D eigenvalue weighted by Crippen LogP contribution is -2.34. The van der Waals surface area contributed by atoms with Gasteiger partial charge in [-0.2, -0.15) is 0 Å². The largest absolute Gasteiger partial charge is 0.493 e. The molecule has 2 aromatic rings. The van der Waals surface area contributed by atoms with Crippen molar-refractivity contribution in [3.8, 4) is 28.4 Å². The summed E-state index contributed by atoms with van der Waals surface area (Å²) in [6.07, 6.45) is 3.95. The molecule has 0 amide bonds. The van der Waals surface area contributed by atoms with Crippen molar-refractivity contribution in [3.63, 3.8) is 0 Å². The highest BCUT2D eigenvalue weighted by Crippen LogP contribution is 2.54. The van der Waals surface area contributed by atoms with Crippen LogP contribution in [0.1, 0.15) is 48.5 Å². The van der Waals surface area contributed by atoms with E-state index in [4.69, 9.17) is 18.9 Å². The summed E-state index contributed by atoms with van der Waals surface area (Å²) in [5.41, 5.74) is 3.35. The number of hydrogen-bond acceptors (Lipinski definition) is 5. The third-order valence-corrected chi connectivity index (χ3v) is 5.27. The molecule has 0 atom stereocenters. The zero-order valence-corrected chi connectivity index (χ0v) is 16.0. The molecule has 5 nitrogen and oxygen atoms in total. The molecule has 1 saturated carbocycles. The number of hydrogen-bond donors (Lipinski definition) is 0. The first kappa shape index (κ1) is 17.7. The normalized spacial score (nSPS) is 16.6. The average Bonchev–Trinajstić information content (AvgIpc) is 3.27. The number of esters is 1. The number of fused-ring (bicyclic) bond motifs is 1. The summed E-state index contributed by atoms with van der Waals surface area (Å²) in [5.74, 6) is 1.21. The maximum Gasteiger partial charge on any atom is 0.338 e. The zero-order valence-electron chi connectivity index (χ0n) is 16.0. The molecular weight excluding hydrogens is 344 g/mol. The van der Waals surface area contributed by atoms with Crippen molar-refractivity contribution in [2.24, 2.45) is 0 Å². The van der Waals surface area contributed by atoms with Crippen LogP contribution in [0.5, 0.6) is 17.2 Å². The van der Waals surface area contributed by atoms with E-state index in [-0.39, 0.29) is 5.97 Å². The molecule has 0 aromatic heterocycles. The second-order valence-electron chi connectivity index (χ2n) is 7.05. The lowest BCUT2D eigenvalue weighted by atomic mass is 9.98. The average molecular weight is 368 g/mol. The minimum atomic E-state index is -0.564. The van der Waals surface area contributed by atoms with E-state index < -0.39 is 5.79 Å². The van der Waals surface area contributed by atoms with Crippen LogP contribution in [0.3, 0.4) is 0 Å². The molecule has 142 valence electrons. The molecule has 1 fully saturated rings. The van der Waals surface area contributed by atoms with Crippen molar-refractivity contribution in [2.45, 2.75) is 45.3 Å². The SMILES string of the molecule is CCOC(=O)c1ccc(-c2ccc(OC)c3c2OC2(CCCC2)O3)cc1C. The quantitative estimate of drug-likeness (QED) is 0.719. The van der Waals surface area contributed by atoms with Gasteiger partial charge >= 0.3 is 5.97 Å². The predicted molar refractivity (Wildman–Crippen MR) is 102 cm³/mol. The van der Waals surface area contributed by atoms with Crippen molar-refractivity contribution in [2.75, 3.05) is 13.7 Å². The van der Waals surface area contributed by atoms with Gasteiger partial charge in [-0.1, -0.05) is 12.1 Å². The first-order valence-electron chi connectivity index (χ1n) is 9.44. The van der Waals surface area contributed by atoms with Crippen molar-refractivity contribution in [1.29, 1.82) is 0 Å². The number of carbonyl (C=O) groups excluding carboxylic acids is 1. The predicted octanol–water partition coefficient (Wildman–Crippen LogP) is 4.89. The van der Waals surface area contributed by atoms with Gasteiger partial charge in [-0.05, 0) is 56.0 Å². The van der Waals surface area contributed by atoms with E-state index in [2.05, 4.69) is 0 Å². The molecule has 0 bridgehead atoms. The molecule has 4 rings (SSSR count). The second-order valence-corrected chi connectivity index (χ2v) is 7.05. The molecule has 5 heteroatoms. The lowest BCUT2D eigenvalue weighted by Gasteiger charge is -2.21. The minimum absolute atomic E-state index is 0.300. The van der Waals surface area contributed by atoms with E-state index in [0.717, 1.165) is 48.1 Å². The summed E-state index contributed by atoms with van der Waals surface area (Å²) in [5, 5.41) is 0. The number of rotatable bonds is 4. The van der Waals surface area contributed by atoms with Crippen molar-refractivity contribution < 1.29 is 23.7 Å². The van der Waals surface area contributed by atoms with Gasteiger partial charge in [0.2, 0.25) is 5.75 Å². The van der Waals surface area contributed by atoms with Gasteiger partial charge in [0.1, 0.15) is 0 Å². The summed E-state index contributed by atoms with van der Waals surface area (Å²) in [6, 6.07) is 9.59. The minimum Gasteiger partial charge on any atom is -0.493 e. The van der Waals surface area contributed by atoms with Crippen molar-refractivity contribution in [3.05, 3.63) is 41.5 Å². The van der Waals surface area contributed by atoms with E-state index >= 15 is 0 Å². The molecule has 0 radical (unpaired) electrons. The Labute approximate surface area is 159 Å². The summed E-state index contributed by atoms with van der Waals surface area (Å²) < 4.78 is 23.2. The van der Waals surface area contributed by atoms with Crippen LogP contribution in [0.15, 0.2) is 30.3 Å². The van der Waals surface area contributed by atoms with Gasteiger partial charge < -0.3 is 18.9 Å². The second kappa shape index (κ2) is 6.80.